The van der Waals surface area contributed by atoms with Crippen molar-refractivity contribution >= 4 is 38.9 Å². The molecule has 0 N–H and O–H groups in total. The molecule has 8 rings (SSSR count). The lowest BCUT2D eigenvalue weighted by Gasteiger charge is -2.29. The number of hydrogen-bond donors (Lipinski definition) is 0. The van der Waals surface area contributed by atoms with Crippen molar-refractivity contribution in [2.45, 2.75) is 71.6 Å². The SMILES string of the molecule is CC(C)(C)c1ccc(N(c2ccc(C(C)(C)C)cc2)c2ccc3c(c2)C(C)(C)c2cc4c5ccccc5n(-c5ccccc5)c4cc2-3)cc1. The standard InChI is InChI=1S/C47H46N2/c1-45(2,3)31-18-22-34(23-19-31)48(35-24-20-32(21-25-35)46(4,5)6)36-26-27-37-39-30-44-40(29-42(39)47(7,8)41(37)28-36)38-16-12-13-17-43(38)49(44)33-14-10-9-11-15-33/h9-30H,1-8H3. The lowest BCUT2D eigenvalue weighted by molar-refractivity contribution is 0.590. The highest BCUT2D eigenvalue weighted by atomic mass is 15.1. The molecule has 0 aliphatic heterocycles. The van der Waals surface area contributed by atoms with Crippen LogP contribution in [0.2, 0.25) is 0 Å². The van der Waals surface area contributed by atoms with Gasteiger partial charge in [0.2, 0.25) is 0 Å². The number of aromatic nitrogens is 1. The first-order valence-electron chi connectivity index (χ1n) is 17.6. The summed E-state index contributed by atoms with van der Waals surface area (Å²) in [6, 6.07) is 49.9. The Labute approximate surface area is 291 Å². The van der Waals surface area contributed by atoms with Crippen LogP contribution in [0.5, 0.6) is 0 Å². The summed E-state index contributed by atoms with van der Waals surface area (Å²) in [5.74, 6) is 0. The molecule has 1 aromatic heterocycles. The second-order valence-electron chi connectivity index (χ2n) is 16.4. The number of anilines is 3. The molecule has 0 atom stereocenters. The van der Waals surface area contributed by atoms with Gasteiger partial charge in [-0.05, 0) is 111 Å². The Morgan fingerprint density at radius 1 is 0.469 bits per heavy atom. The Bertz CT molecular complexity index is 2280. The highest BCUT2D eigenvalue weighted by Crippen LogP contribution is 2.53. The smallest absolute Gasteiger partial charge is 0.0547 e. The third-order valence-corrected chi connectivity index (χ3v) is 10.7. The highest BCUT2D eigenvalue weighted by molar-refractivity contribution is 6.11. The van der Waals surface area contributed by atoms with Crippen LogP contribution in [0.3, 0.4) is 0 Å². The van der Waals surface area contributed by atoms with Crippen LogP contribution < -0.4 is 4.90 Å². The average Bonchev–Trinajstić information content (AvgIpc) is 3.52. The van der Waals surface area contributed by atoms with Crippen LogP contribution in [-0.4, -0.2) is 4.57 Å². The van der Waals surface area contributed by atoms with Crippen LogP contribution in [-0.2, 0) is 16.2 Å². The fourth-order valence-electron chi connectivity index (χ4n) is 7.85. The molecule has 0 unspecified atom stereocenters. The number of fused-ring (bicyclic) bond motifs is 6. The van der Waals surface area contributed by atoms with E-state index in [1.807, 2.05) is 0 Å². The molecule has 0 saturated carbocycles. The van der Waals surface area contributed by atoms with Gasteiger partial charge in [0.25, 0.3) is 0 Å². The topological polar surface area (TPSA) is 8.17 Å². The third-order valence-electron chi connectivity index (χ3n) is 10.7. The summed E-state index contributed by atoms with van der Waals surface area (Å²) in [5.41, 5.74) is 15.3. The molecule has 1 heterocycles. The van der Waals surface area contributed by atoms with Crippen LogP contribution in [0.1, 0.15) is 77.6 Å². The summed E-state index contributed by atoms with van der Waals surface area (Å²) in [6.45, 7) is 18.4. The van der Waals surface area contributed by atoms with E-state index in [0.29, 0.717) is 0 Å². The van der Waals surface area contributed by atoms with E-state index in [1.165, 1.54) is 77.9 Å². The zero-order valence-corrected chi connectivity index (χ0v) is 30.1. The third kappa shape index (κ3) is 5.08. The summed E-state index contributed by atoms with van der Waals surface area (Å²) < 4.78 is 2.43. The van der Waals surface area contributed by atoms with E-state index >= 15 is 0 Å². The Balaban J connectivity index is 1.30. The average molecular weight is 639 g/mol. The Morgan fingerprint density at radius 3 is 1.59 bits per heavy atom. The molecule has 0 spiro atoms. The van der Waals surface area contributed by atoms with Gasteiger partial charge >= 0.3 is 0 Å². The number of nitrogens with zero attached hydrogens (tertiary/aromatic N) is 2. The second-order valence-corrected chi connectivity index (χ2v) is 16.4. The van der Waals surface area contributed by atoms with E-state index in [4.69, 9.17) is 0 Å². The molecule has 0 fully saturated rings. The second kappa shape index (κ2) is 11.0. The summed E-state index contributed by atoms with van der Waals surface area (Å²) >= 11 is 0. The van der Waals surface area contributed by atoms with E-state index in [9.17, 15) is 0 Å². The van der Waals surface area contributed by atoms with Gasteiger partial charge in [-0.3, -0.25) is 0 Å². The minimum Gasteiger partial charge on any atom is -0.310 e. The van der Waals surface area contributed by atoms with Crippen LogP contribution >= 0.6 is 0 Å². The molecule has 244 valence electrons. The van der Waals surface area contributed by atoms with E-state index in [-0.39, 0.29) is 16.2 Å². The number of para-hydroxylation sites is 2. The quantitative estimate of drug-likeness (QED) is 0.186. The molecule has 49 heavy (non-hydrogen) atoms. The van der Waals surface area contributed by atoms with Crippen molar-refractivity contribution in [3.8, 4) is 16.8 Å². The van der Waals surface area contributed by atoms with Crippen LogP contribution in [0.15, 0.2) is 133 Å². The highest BCUT2D eigenvalue weighted by Gasteiger charge is 2.37. The van der Waals surface area contributed by atoms with Crippen LogP contribution in [0.4, 0.5) is 17.1 Å². The Hall–Kier alpha value is -5.08. The largest absolute Gasteiger partial charge is 0.310 e. The molecule has 0 radical (unpaired) electrons. The lowest BCUT2D eigenvalue weighted by atomic mass is 9.82. The first-order valence-corrected chi connectivity index (χ1v) is 17.6. The van der Waals surface area contributed by atoms with Crippen molar-refractivity contribution in [3.05, 3.63) is 156 Å². The van der Waals surface area contributed by atoms with Gasteiger partial charge in [0.1, 0.15) is 0 Å². The maximum Gasteiger partial charge on any atom is 0.0547 e. The van der Waals surface area contributed by atoms with Gasteiger partial charge in [-0.25, -0.2) is 0 Å². The van der Waals surface area contributed by atoms with Gasteiger partial charge < -0.3 is 9.47 Å². The normalized spacial score (nSPS) is 13.9. The molecule has 1 aliphatic carbocycles. The van der Waals surface area contributed by atoms with Crippen molar-refractivity contribution in [3.63, 3.8) is 0 Å². The predicted octanol–water partition coefficient (Wildman–Crippen LogP) is 13.2. The summed E-state index contributed by atoms with van der Waals surface area (Å²) in [5, 5.41) is 2.60. The monoisotopic (exact) mass is 638 g/mol. The van der Waals surface area contributed by atoms with Crippen molar-refractivity contribution in [2.75, 3.05) is 4.90 Å². The van der Waals surface area contributed by atoms with E-state index in [1.54, 1.807) is 0 Å². The fraction of sp³-hybridized carbons (Fsp3) is 0.234. The van der Waals surface area contributed by atoms with Crippen molar-refractivity contribution < 1.29 is 0 Å². The summed E-state index contributed by atoms with van der Waals surface area (Å²) in [6.07, 6.45) is 0. The van der Waals surface area contributed by atoms with Crippen molar-refractivity contribution in [1.82, 2.24) is 4.57 Å². The number of hydrogen-bond acceptors (Lipinski definition) is 1. The minimum absolute atomic E-state index is 0.0952. The summed E-state index contributed by atoms with van der Waals surface area (Å²) in [4.78, 5) is 2.42. The molecule has 7 aromatic rings. The van der Waals surface area contributed by atoms with Gasteiger partial charge in [-0.1, -0.05) is 122 Å². The van der Waals surface area contributed by atoms with E-state index < -0.39 is 0 Å². The molecule has 2 nitrogen and oxygen atoms in total. The van der Waals surface area contributed by atoms with E-state index in [2.05, 4.69) is 198 Å². The number of rotatable bonds is 4. The van der Waals surface area contributed by atoms with E-state index in [0.717, 1.165) is 0 Å². The first-order chi connectivity index (χ1) is 23.3. The molecule has 2 heteroatoms. The molecule has 0 bridgehead atoms. The van der Waals surface area contributed by atoms with Crippen LogP contribution in [0.25, 0.3) is 38.6 Å². The zero-order valence-electron chi connectivity index (χ0n) is 30.1. The Kier molecular flexibility index (Phi) is 6.99. The predicted molar refractivity (Wildman–Crippen MR) is 210 cm³/mol. The molecular weight excluding hydrogens is 593 g/mol. The maximum atomic E-state index is 2.47. The summed E-state index contributed by atoms with van der Waals surface area (Å²) in [7, 11) is 0. The number of benzene rings is 6. The van der Waals surface area contributed by atoms with Gasteiger partial charge in [-0.15, -0.1) is 0 Å². The van der Waals surface area contributed by atoms with Gasteiger partial charge in [-0.2, -0.15) is 0 Å². The van der Waals surface area contributed by atoms with Gasteiger partial charge in [0, 0.05) is 38.9 Å². The zero-order chi connectivity index (χ0) is 34.3. The maximum absolute atomic E-state index is 2.47. The first kappa shape index (κ1) is 31.2. The molecular formula is C47H46N2. The van der Waals surface area contributed by atoms with Crippen molar-refractivity contribution in [1.29, 1.82) is 0 Å². The van der Waals surface area contributed by atoms with Crippen molar-refractivity contribution in [2.24, 2.45) is 0 Å². The Morgan fingerprint density at radius 2 is 1.00 bits per heavy atom. The lowest BCUT2D eigenvalue weighted by Crippen LogP contribution is -2.17. The van der Waals surface area contributed by atoms with Gasteiger partial charge in [0.05, 0.1) is 11.0 Å². The molecule has 0 saturated heterocycles. The molecule has 1 aliphatic rings. The fourth-order valence-corrected chi connectivity index (χ4v) is 7.85. The van der Waals surface area contributed by atoms with Crippen LogP contribution in [0, 0.1) is 0 Å². The minimum atomic E-state index is -0.164. The van der Waals surface area contributed by atoms with Gasteiger partial charge in [0.15, 0.2) is 0 Å². The molecule has 0 amide bonds. The molecule has 6 aromatic carbocycles.